The van der Waals surface area contributed by atoms with Crippen molar-refractivity contribution in [2.75, 3.05) is 24.7 Å². The maximum absolute atomic E-state index is 14.4. The monoisotopic (exact) mass is 592 g/mol. The molecule has 7 nitrogen and oxygen atoms in total. The molecule has 2 aromatic rings. The van der Waals surface area contributed by atoms with Gasteiger partial charge < -0.3 is 14.4 Å². The highest BCUT2D eigenvalue weighted by molar-refractivity contribution is 7.61. The van der Waals surface area contributed by atoms with Crippen molar-refractivity contribution < 1.29 is 9.46 Å². The molecule has 4 heterocycles. The van der Waals surface area contributed by atoms with Gasteiger partial charge in [0.25, 0.3) is 5.56 Å². The molecule has 8 atom stereocenters. The Morgan fingerprint density at radius 1 is 0.929 bits per heavy atom. The molecular formula is C34H49N4O3P. The van der Waals surface area contributed by atoms with E-state index in [-0.39, 0.29) is 11.6 Å². The molecule has 5 fully saturated rings. The Labute approximate surface area is 250 Å². The zero-order chi connectivity index (χ0) is 29.3. The Kier molecular flexibility index (Phi) is 7.47. The maximum atomic E-state index is 14.4. The fraction of sp³-hybridized carbons (Fsp3) is 0.706. The first-order valence-electron chi connectivity index (χ1n) is 16.6. The number of hydrogen-bond donors (Lipinski definition) is 1. The summed E-state index contributed by atoms with van der Waals surface area (Å²) >= 11 is 0. The van der Waals surface area contributed by atoms with Crippen molar-refractivity contribution >= 4 is 24.2 Å². The molecule has 2 saturated heterocycles. The summed E-state index contributed by atoms with van der Waals surface area (Å²) in [6.07, 6.45) is 12.4. The number of piperidine rings is 2. The fourth-order valence-corrected chi connectivity index (χ4v) is 10.5. The van der Waals surface area contributed by atoms with Gasteiger partial charge in [-0.15, -0.1) is 0 Å². The van der Waals surface area contributed by atoms with Gasteiger partial charge in [0.2, 0.25) is 7.37 Å². The van der Waals surface area contributed by atoms with E-state index in [1.165, 1.54) is 45.2 Å². The number of rotatable bonds is 4. The second-order valence-electron chi connectivity index (χ2n) is 14.8. The Morgan fingerprint density at radius 2 is 1.71 bits per heavy atom. The van der Waals surface area contributed by atoms with E-state index in [2.05, 4.69) is 36.3 Å². The van der Waals surface area contributed by atoms with Gasteiger partial charge in [0.05, 0.1) is 11.0 Å². The summed E-state index contributed by atoms with van der Waals surface area (Å²) in [5, 5.41) is 0.601. The summed E-state index contributed by atoms with van der Waals surface area (Å²) in [7, 11) is -3.26. The van der Waals surface area contributed by atoms with Crippen LogP contribution in [0.25, 0.3) is 11.0 Å². The molecule has 6 aliphatic rings. The van der Waals surface area contributed by atoms with Gasteiger partial charge in [-0.05, 0) is 99.5 Å². The van der Waals surface area contributed by atoms with Crippen LogP contribution in [0.2, 0.25) is 0 Å². The minimum absolute atomic E-state index is 0.00711. The van der Waals surface area contributed by atoms with Crippen LogP contribution < -0.4 is 10.5 Å². The van der Waals surface area contributed by atoms with E-state index < -0.39 is 7.37 Å². The number of benzene rings is 1. The summed E-state index contributed by atoms with van der Waals surface area (Å²) in [5.74, 6) is 4.58. The molecule has 8 heteroatoms. The number of para-hydroxylation sites is 2. The van der Waals surface area contributed by atoms with Crippen molar-refractivity contribution in [1.82, 2.24) is 14.5 Å². The molecule has 3 aliphatic carbocycles. The van der Waals surface area contributed by atoms with Gasteiger partial charge in [-0.3, -0.25) is 14.3 Å². The fourth-order valence-electron chi connectivity index (χ4n) is 9.60. The largest absolute Gasteiger partial charge is 0.348 e. The van der Waals surface area contributed by atoms with Gasteiger partial charge in [0, 0.05) is 49.2 Å². The Hall–Kier alpha value is -1.95. The van der Waals surface area contributed by atoms with Crippen molar-refractivity contribution in [3.63, 3.8) is 0 Å². The zero-order valence-corrected chi connectivity index (χ0v) is 26.8. The molecule has 1 aromatic carbocycles. The molecule has 228 valence electrons. The van der Waals surface area contributed by atoms with Crippen LogP contribution in [-0.2, 0) is 4.57 Å². The van der Waals surface area contributed by atoms with Crippen LogP contribution in [0.5, 0.6) is 0 Å². The van der Waals surface area contributed by atoms with E-state index in [1.54, 1.807) is 0 Å². The van der Waals surface area contributed by atoms with Crippen LogP contribution >= 0.6 is 7.37 Å². The molecule has 42 heavy (non-hydrogen) atoms. The van der Waals surface area contributed by atoms with Gasteiger partial charge in [-0.1, -0.05) is 39.0 Å². The molecule has 0 amide bonds. The third kappa shape index (κ3) is 5.02. The standard InChI is InChI=1S/C34H49N4O3P/c1-21-9-10-26-19-28(20-32(21)37(26)27-15-22(2)23(3)25-16-24(17-25)18-27)38-31-8-6-5-7-30(31)35-33(34(38)39)36-13-11-29(12-14-36)42(4,40)41/h5-8,11,21-28,32H,9-10,12-20H2,1-4H3,(H,40,41)/t21?,22?,23?,24?,25?,26-,27+,28+,32?/m1/s1. The van der Waals surface area contributed by atoms with E-state index in [1.807, 2.05) is 29.2 Å². The van der Waals surface area contributed by atoms with Gasteiger partial charge in [-0.2, -0.15) is 0 Å². The third-order valence-electron chi connectivity index (χ3n) is 12.2. The van der Waals surface area contributed by atoms with E-state index in [0.717, 1.165) is 47.5 Å². The highest BCUT2D eigenvalue weighted by Crippen LogP contribution is 2.52. The lowest BCUT2D eigenvalue weighted by Gasteiger charge is -2.57. The molecule has 0 radical (unpaired) electrons. The van der Waals surface area contributed by atoms with Crippen LogP contribution in [0.3, 0.4) is 0 Å². The molecule has 1 aromatic heterocycles. The summed E-state index contributed by atoms with van der Waals surface area (Å²) in [4.78, 5) is 34.3. The molecule has 0 spiro atoms. The van der Waals surface area contributed by atoms with Gasteiger partial charge in [0.15, 0.2) is 5.82 Å². The number of anilines is 1. The van der Waals surface area contributed by atoms with E-state index in [9.17, 15) is 14.3 Å². The normalized spacial score (nSPS) is 38.6. The minimum Gasteiger partial charge on any atom is -0.348 e. The maximum Gasteiger partial charge on any atom is 0.294 e. The summed E-state index contributed by atoms with van der Waals surface area (Å²) in [6.45, 7) is 9.84. The zero-order valence-electron chi connectivity index (χ0n) is 25.9. The summed E-state index contributed by atoms with van der Waals surface area (Å²) in [5.41, 5.74) is 1.78. The van der Waals surface area contributed by atoms with Gasteiger partial charge >= 0.3 is 0 Å². The van der Waals surface area contributed by atoms with Crippen LogP contribution in [-0.4, -0.2) is 57.2 Å². The number of hydrogen-bond acceptors (Lipinski definition) is 5. The number of nitrogens with zero attached hydrogens (tertiary/aromatic N) is 4. The smallest absolute Gasteiger partial charge is 0.294 e. The van der Waals surface area contributed by atoms with E-state index >= 15 is 0 Å². The van der Waals surface area contributed by atoms with Crippen molar-refractivity contribution in [3.8, 4) is 0 Å². The van der Waals surface area contributed by atoms with Crippen molar-refractivity contribution in [3.05, 3.63) is 46.0 Å². The highest BCUT2D eigenvalue weighted by Gasteiger charge is 2.48. The average Bonchev–Trinajstić information content (AvgIpc) is 2.94. The van der Waals surface area contributed by atoms with E-state index in [4.69, 9.17) is 4.98 Å². The first kappa shape index (κ1) is 28.8. The topological polar surface area (TPSA) is 78.7 Å². The van der Waals surface area contributed by atoms with Crippen LogP contribution in [0, 0.1) is 29.6 Å². The van der Waals surface area contributed by atoms with Crippen molar-refractivity contribution in [1.29, 1.82) is 0 Å². The molecule has 5 unspecified atom stereocenters. The Bertz CT molecular complexity index is 1470. The first-order valence-corrected chi connectivity index (χ1v) is 18.7. The predicted molar refractivity (Wildman–Crippen MR) is 170 cm³/mol. The molecule has 4 bridgehead atoms. The second-order valence-corrected chi connectivity index (χ2v) is 17.1. The Balaban J connectivity index is 1.22. The predicted octanol–water partition coefficient (Wildman–Crippen LogP) is 6.66. The van der Waals surface area contributed by atoms with Crippen LogP contribution in [0.15, 0.2) is 40.5 Å². The van der Waals surface area contributed by atoms with Gasteiger partial charge in [0.1, 0.15) is 0 Å². The lowest BCUT2D eigenvalue weighted by molar-refractivity contribution is -0.0755. The molecule has 3 saturated carbocycles. The lowest BCUT2D eigenvalue weighted by atomic mass is 9.60. The summed E-state index contributed by atoms with van der Waals surface area (Å²) in [6, 6.07) is 9.98. The molecule has 3 aliphatic heterocycles. The van der Waals surface area contributed by atoms with Crippen molar-refractivity contribution in [2.24, 2.45) is 29.6 Å². The van der Waals surface area contributed by atoms with E-state index in [0.29, 0.717) is 54.7 Å². The van der Waals surface area contributed by atoms with Crippen molar-refractivity contribution in [2.45, 2.75) is 103 Å². The van der Waals surface area contributed by atoms with Crippen LogP contribution in [0.4, 0.5) is 5.82 Å². The quantitative estimate of drug-likeness (QED) is 0.401. The summed E-state index contributed by atoms with van der Waals surface area (Å²) < 4.78 is 14.4. The minimum atomic E-state index is -3.26. The average molecular weight is 593 g/mol. The number of aromatic nitrogens is 2. The molecule has 1 N–H and O–H groups in total. The Morgan fingerprint density at radius 3 is 2.45 bits per heavy atom. The second kappa shape index (κ2) is 10.9. The SMILES string of the molecule is CC1C[C@H](N2C3C[C@@H](n4c(=O)c(N5CC=C(P(C)(=O)O)CC5)nc5ccccc54)C[C@H]2CCC3C)CC2CC(C2)C1C. The lowest BCUT2D eigenvalue weighted by Crippen LogP contribution is -2.61. The number of fused-ring (bicyclic) bond motifs is 8. The third-order valence-corrected chi connectivity index (χ3v) is 13.7. The molecular weight excluding hydrogens is 543 g/mol. The molecule has 8 rings (SSSR count). The highest BCUT2D eigenvalue weighted by atomic mass is 31.2. The first-order chi connectivity index (χ1) is 20.1. The van der Waals surface area contributed by atoms with Crippen LogP contribution in [0.1, 0.15) is 84.6 Å². The van der Waals surface area contributed by atoms with Gasteiger partial charge in [-0.25, -0.2) is 4.98 Å².